The van der Waals surface area contributed by atoms with Crippen LogP contribution in [0.5, 0.6) is 0 Å². The van der Waals surface area contributed by atoms with Crippen molar-refractivity contribution in [1.29, 1.82) is 0 Å². The molecule has 0 unspecified atom stereocenters. The van der Waals surface area contributed by atoms with Gasteiger partial charge in [-0.2, -0.15) is 0 Å². The minimum Gasteiger partial charge on any atom is -0.321 e. The van der Waals surface area contributed by atoms with Crippen molar-refractivity contribution < 1.29 is 0 Å². The highest BCUT2D eigenvalue weighted by Crippen LogP contribution is 2.11. The van der Waals surface area contributed by atoms with E-state index in [2.05, 4.69) is 34.5 Å². The van der Waals surface area contributed by atoms with Crippen LogP contribution in [0.25, 0.3) is 0 Å². The normalized spacial score (nSPS) is 18.2. The van der Waals surface area contributed by atoms with Gasteiger partial charge in [0.05, 0.1) is 6.67 Å². The summed E-state index contributed by atoms with van der Waals surface area (Å²) in [4.78, 5) is 6.74. The van der Waals surface area contributed by atoms with E-state index in [9.17, 15) is 0 Å². The van der Waals surface area contributed by atoms with Gasteiger partial charge in [-0.15, -0.1) is 0 Å². The molecule has 1 aromatic heterocycles. The predicted molar refractivity (Wildman–Crippen MR) is 47.8 cm³/mol. The first-order valence-corrected chi connectivity index (χ1v) is 4.51. The number of hydrogen-bond acceptors (Lipinski definition) is 2. The highest BCUT2D eigenvalue weighted by Gasteiger charge is 2.17. The van der Waals surface area contributed by atoms with E-state index in [1.54, 1.807) is 0 Å². The Labute approximate surface area is 73.0 Å². The molecular formula is C9H15N3. The van der Waals surface area contributed by atoms with Crippen LogP contribution in [0.4, 0.5) is 0 Å². The smallest absolute Gasteiger partial charge is 0.111 e. The largest absolute Gasteiger partial charge is 0.321 e. The zero-order valence-electron chi connectivity index (χ0n) is 7.70. The molecule has 0 amide bonds. The Balaban J connectivity index is 2.15. The summed E-state index contributed by atoms with van der Waals surface area (Å²) in [5, 5.41) is 0. The van der Waals surface area contributed by atoms with Gasteiger partial charge in [-0.1, -0.05) is 0 Å². The van der Waals surface area contributed by atoms with E-state index >= 15 is 0 Å². The van der Waals surface area contributed by atoms with Gasteiger partial charge in [0.25, 0.3) is 0 Å². The number of nitrogens with zero attached hydrogens (tertiary/aromatic N) is 3. The van der Waals surface area contributed by atoms with E-state index in [1.807, 2.05) is 6.20 Å². The highest BCUT2D eigenvalue weighted by atomic mass is 15.3. The first kappa shape index (κ1) is 7.80. The van der Waals surface area contributed by atoms with E-state index in [0.717, 1.165) is 19.6 Å². The summed E-state index contributed by atoms with van der Waals surface area (Å²) < 4.78 is 2.23. The number of imidazole rings is 1. The van der Waals surface area contributed by atoms with Gasteiger partial charge in [0, 0.05) is 31.4 Å². The summed E-state index contributed by atoms with van der Waals surface area (Å²) in [5.74, 6) is 1.23. The Hall–Kier alpha value is -0.830. The number of aromatic nitrogens is 2. The molecule has 1 aliphatic heterocycles. The maximum absolute atomic E-state index is 4.29. The minimum absolute atomic E-state index is 0.639. The molecule has 0 aromatic carbocycles. The number of rotatable bonds is 1. The van der Waals surface area contributed by atoms with Gasteiger partial charge in [0.1, 0.15) is 5.82 Å². The van der Waals surface area contributed by atoms with Crippen LogP contribution in [0.15, 0.2) is 12.4 Å². The fourth-order valence-electron chi connectivity index (χ4n) is 1.63. The minimum atomic E-state index is 0.639. The van der Waals surface area contributed by atoms with Gasteiger partial charge in [-0.25, -0.2) is 4.98 Å². The van der Waals surface area contributed by atoms with E-state index in [4.69, 9.17) is 0 Å². The molecule has 2 rings (SSSR count). The molecule has 2 heterocycles. The second kappa shape index (κ2) is 2.90. The van der Waals surface area contributed by atoms with Crippen molar-refractivity contribution in [3.05, 3.63) is 18.2 Å². The van der Waals surface area contributed by atoms with Gasteiger partial charge < -0.3 is 4.57 Å². The van der Waals surface area contributed by atoms with E-state index in [-0.39, 0.29) is 0 Å². The summed E-state index contributed by atoms with van der Waals surface area (Å²) in [5.41, 5.74) is 0. The number of fused-ring (bicyclic) bond motifs is 1. The molecule has 0 saturated heterocycles. The molecule has 1 aliphatic rings. The Morgan fingerprint density at radius 1 is 1.50 bits per heavy atom. The molecular weight excluding hydrogens is 150 g/mol. The molecule has 0 radical (unpaired) electrons. The van der Waals surface area contributed by atoms with Crippen LogP contribution in [-0.2, 0) is 13.1 Å². The van der Waals surface area contributed by atoms with E-state index in [0.29, 0.717) is 6.04 Å². The van der Waals surface area contributed by atoms with Crippen LogP contribution >= 0.6 is 0 Å². The predicted octanol–water partition coefficient (Wildman–Crippen LogP) is 1.11. The monoisotopic (exact) mass is 165 g/mol. The lowest BCUT2D eigenvalue weighted by atomic mass is 10.2. The van der Waals surface area contributed by atoms with Gasteiger partial charge in [-0.3, -0.25) is 4.90 Å². The average molecular weight is 165 g/mol. The van der Waals surface area contributed by atoms with Crippen molar-refractivity contribution in [3.8, 4) is 0 Å². The molecule has 0 atom stereocenters. The molecule has 3 heteroatoms. The third-order valence-corrected chi connectivity index (χ3v) is 2.49. The van der Waals surface area contributed by atoms with Crippen molar-refractivity contribution in [2.45, 2.75) is 33.0 Å². The standard InChI is InChI=1S/C9H15N3/c1-8(2)11-5-3-9-10-4-6-12(9)7-11/h4,6,8H,3,5,7H2,1-2H3. The lowest BCUT2D eigenvalue weighted by molar-refractivity contribution is 0.151. The molecule has 66 valence electrons. The first-order valence-electron chi connectivity index (χ1n) is 4.51. The Morgan fingerprint density at radius 2 is 2.33 bits per heavy atom. The summed E-state index contributed by atoms with van der Waals surface area (Å²) in [6.07, 6.45) is 5.04. The van der Waals surface area contributed by atoms with E-state index in [1.165, 1.54) is 5.82 Å². The topological polar surface area (TPSA) is 21.1 Å². The second-order valence-corrected chi connectivity index (χ2v) is 3.61. The van der Waals surface area contributed by atoms with Crippen molar-refractivity contribution in [1.82, 2.24) is 14.5 Å². The molecule has 0 spiro atoms. The van der Waals surface area contributed by atoms with Gasteiger partial charge in [0.15, 0.2) is 0 Å². The average Bonchev–Trinajstić information content (AvgIpc) is 2.49. The molecule has 1 aromatic rings. The third kappa shape index (κ3) is 1.25. The summed E-state index contributed by atoms with van der Waals surface area (Å²) >= 11 is 0. The van der Waals surface area contributed by atoms with Crippen molar-refractivity contribution >= 4 is 0 Å². The van der Waals surface area contributed by atoms with Crippen LogP contribution in [0.2, 0.25) is 0 Å². The Bertz CT molecular complexity index is 264. The van der Waals surface area contributed by atoms with Crippen LogP contribution in [0.3, 0.4) is 0 Å². The molecule has 0 N–H and O–H groups in total. The quantitative estimate of drug-likeness (QED) is 0.621. The zero-order valence-corrected chi connectivity index (χ0v) is 7.70. The summed E-state index contributed by atoms with van der Waals surface area (Å²) in [6, 6.07) is 0.639. The molecule has 3 nitrogen and oxygen atoms in total. The third-order valence-electron chi connectivity index (χ3n) is 2.49. The lowest BCUT2D eigenvalue weighted by Crippen LogP contribution is -2.38. The number of hydrogen-bond donors (Lipinski definition) is 0. The molecule has 0 saturated carbocycles. The molecule has 0 aliphatic carbocycles. The summed E-state index contributed by atoms with van der Waals surface area (Å²) in [6.45, 7) is 6.63. The molecule has 12 heavy (non-hydrogen) atoms. The van der Waals surface area contributed by atoms with Crippen LogP contribution in [0.1, 0.15) is 19.7 Å². The molecule has 0 fully saturated rings. The Morgan fingerprint density at radius 3 is 3.08 bits per heavy atom. The van der Waals surface area contributed by atoms with Crippen LogP contribution in [0, 0.1) is 0 Å². The maximum Gasteiger partial charge on any atom is 0.111 e. The summed E-state index contributed by atoms with van der Waals surface area (Å²) in [7, 11) is 0. The zero-order chi connectivity index (χ0) is 8.55. The highest BCUT2D eigenvalue weighted by molar-refractivity contribution is 4.96. The Kier molecular flexibility index (Phi) is 1.89. The lowest BCUT2D eigenvalue weighted by Gasteiger charge is -2.31. The maximum atomic E-state index is 4.29. The van der Waals surface area contributed by atoms with Crippen LogP contribution < -0.4 is 0 Å². The SMILES string of the molecule is CC(C)N1CCc2nccn2C1. The second-order valence-electron chi connectivity index (χ2n) is 3.61. The van der Waals surface area contributed by atoms with Crippen LogP contribution in [-0.4, -0.2) is 27.0 Å². The first-order chi connectivity index (χ1) is 5.77. The van der Waals surface area contributed by atoms with Gasteiger partial charge >= 0.3 is 0 Å². The van der Waals surface area contributed by atoms with Crippen molar-refractivity contribution in [2.75, 3.05) is 6.54 Å². The van der Waals surface area contributed by atoms with Crippen molar-refractivity contribution in [2.24, 2.45) is 0 Å². The fourth-order valence-corrected chi connectivity index (χ4v) is 1.63. The fraction of sp³-hybridized carbons (Fsp3) is 0.667. The molecule has 0 bridgehead atoms. The van der Waals surface area contributed by atoms with Gasteiger partial charge in [-0.05, 0) is 13.8 Å². The van der Waals surface area contributed by atoms with E-state index < -0.39 is 0 Å². The van der Waals surface area contributed by atoms with Gasteiger partial charge in [0.2, 0.25) is 0 Å². The van der Waals surface area contributed by atoms with Crippen molar-refractivity contribution in [3.63, 3.8) is 0 Å².